The molecular weight excluding hydrogens is 184 g/mol. The molecule has 0 rings (SSSR count). The SMILES string of the molecule is C=CC(C)CCCC(C)(C)OCC(C)C. The average Bonchev–Trinajstić information content (AvgIpc) is 2.14. The first kappa shape index (κ1) is 14.7. The molecule has 1 nitrogen and oxygen atoms in total. The molecule has 0 fully saturated rings. The third-order valence-electron chi connectivity index (χ3n) is 2.65. The van der Waals surface area contributed by atoms with Crippen molar-refractivity contribution in [2.24, 2.45) is 11.8 Å². The minimum absolute atomic E-state index is 0.0329. The molecule has 0 aromatic carbocycles. The topological polar surface area (TPSA) is 9.23 Å². The number of ether oxygens (including phenoxy) is 1. The largest absolute Gasteiger partial charge is 0.375 e. The summed E-state index contributed by atoms with van der Waals surface area (Å²) in [5, 5.41) is 0. The van der Waals surface area contributed by atoms with E-state index < -0.39 is 0 Å². The maximum Gasteiger partial charge on any atom is 0.0626 e. The Labute approximate surface area is 95.9 Å². The Morgan fingerprint density at radius 1 is 1.27 bits per heavy atom. The first-order valence-electron chi connectivity index (χ1n) is 6.14. The molecule has 0 aliphatic rings. The van der Waals surface area contributed by atoms with Gasteiger partial charge in [-0.1, -0.05) is 33.3 Å². The zero-order valence-corrected chi connectivity index (χ0v) is 11.2. The van der Waals surface area contributed by atoms with E-state index in [0.29, 0.717) is 11.8 Å². The van der Waals surface area contributed by atoms with Crippen molar-refractivity contribution >= 4 is 0 Å². The molecule has 0 saturated carbocycles. The van der Waals surface area contributed by atoms with Crippen LogP contribution in [-0.4, -0.2) is 12.2 Å². The summed E-state index contributed by atoms with van der Waals surface area (Å²) in [7, 11) is 0. The lowest BCUT2D eigenvalue weighted by Crippen LogP contribution is -2.26. The normalized spacial score (nSPS) is 14.3. The Morgan fingerprint density at radius 2 is 1.87 bits per heavy atom. The summed E-state index contributed by atoms with van der Waals surface area (Å²) < 4.78 is 5.88. The molecule has 1 heteroatoms. The minimum atomic E-state index is 0.0329. The Kier molecular flexibility index (Phi) is 6.91. The second-order valence-corrected chi connectivity index (χ2v) is 5.57. The fourth-order valence-corrected chi connectivity index (χ4v) is 1.43. The third kappa shape index (κ3) is 8.68. The Balaban J connectivity index is 3.68. The molecule has 0 saturated heterocycles. The van der Waals surface area contributed by atoms with Gasteiger partial charge < -0.3 is 4.74 Å². The lowest BCUT2D eigenvalue weighted by molar-refractivity contribution is -0.0376. The summed E-state index contributed by atoms with van der Waals surface area (Å²) in [5.41, 5.74) is 0.0329. The zero-order valence-electron chi connectivity index (χ0n) is 11.2. The molecule has 0 spiro atoms. The highest BCUT2D eigenvalue weighted by Crippen LogP contribution is 2.21. The highest BCUT2D eigenvalue weighted by atomic mass is 16.5. The van der Waals surface area contributed by atoms with E-state index in [1.165, 1.54) is 12.8 Å². The van der Waals surface area contributed by atoms with Gasteiger partial charge in [-0.15, -0.1) is 6.58 Å². The smallest absolute Gasteiger partial charge is 0.0626 e. The van der Waals surface area contributed by atoms with Crippen LogP contribution >= 0.6 is 0 Å². The Morgan fingerprint density at radius 3 is 2.33 bits per heavy atom. The first-order chi connectivity index (χ1) is 6.87. The van der Waals surface area contributed by atoms with E-state index in [1.54, 1.807) is 0 Å². The Bertz CT molecular complexity index is 170. The van der Waals surface area contributed by atoms with Crippen molar-refractivity contribution in [1.82, 2.24) is 0 Å². The molecule has 0 aliphatic heterocycles. The van der Waals surface area contributed by atoms with E-state index in [9.17, 15) is 0 Å². The minimum Gasteiger partial charge on any atom is -0.375 e. The van der Waals surface area contributed by atoms with Gasteiger partial charge in [0.2, 0.25) is 0 Å². The molecular formula is C14H28O. The average molecular weight is 212 g/mol. The van der Waals surface area contributed by atoms with Crippen LogP contribution in [-0.2, 0) is 4.74 Å². The van der Waals surface area contributed by atoms with Gasteiger partial charge in [0.05, 0.1) is 5.60 Å². The van der Waals surface area contributed by atoms with Gasteiger partial charge in [0.25, 0.3) is 0 Å². The monoisotopic (exact) mass is 212 g/mol. The molecule has 0 bridgehead atoms. The van der Waals surface area contributed by atoms with Crippen LogP contribution in [0.25, 0.3) is 0 Å². The fraction of sp³-hybridized carbons (Fsp3) is 0.857. The standard InChI is InChI=1S/C14H28O/c1-7-13(4)9-8-10-14(5,6)15-11-12(2)3/h7,12-13H,1,8-11H2,2-6H3. The van der Waals surface area contributed by atoms with Crippen LogP contribution < -0.4 is 0 Å². The molecule has 1 atom stereocenters. The van der Waals surface area contributed by atoms with Crippen molar-refractivity contribution in [3.63, 3.8) is 0 Å². The second-order valence-electron chi connectivity index (χ2n) is 5.57. The number of rotatable bonds is 8. The number of allylic oxidation sites excluding steroid dienone is 1. The highest BCUT2D eigenvalue weighted by molar-refractivity contribution is 4.76. The van der Waals surface area contributed by atoms with Gasteiger partial charge in [0, 0.05) is 6.61 Å². The molecule has 15 heavy (non-hydrogen) atoms. The number of hydrogen-bond acceptors (Lipinski definition) is 1. The molecule has 1 unspecified atom stereocenters. The predicted octanol–water partition coefficient (Wildman–Crippen LogP) is 4.43. The van der Waals surface area contributed by atoms with Crippen LogP contribution in [0.1, 0.15) is 53.9 Å². The van der Waals surface area contributed by atoms with Crippen LogP contribution in [0.2, 0.25) is 0 Å². The summed E-state index contributed by atoms with van der Waals surface area (Å²) in [4.78, 5) is 0. The molecule has 0 N–H and O–H groups in total. The van der Waals surface area contributed by atoms with Gasteiger partial charge >= 0.3 is 0 Å². The molecule has 0 radical (unpaired) electrons. The molecule has 0 amide bonds. The molecule has 0 aromatic heterocycles. The van der Waals surface area contributed by atoms with Gasteiger partial charge in [0.15, 0.2) is 0 Å². The van der Waals surface area contributed by atoms with Crippen molar-refractivity contribution in [2.75, 3.05) is 6.61 Å². The summed E-state index contributed by atoms with van der Waals surface area (Å²) >= 11 is 0. The molecule has 0 heterocycles. The van der Waals surface area contributed by atoms with Crippen LogP contribution in [0.5, 0.6) is 0 Å². The van der Waals surface area contributed by atoms with Gasteiger partial charge in [-0.05, 0) is 38.5 Å². The third-order valence-corrected chi connectivity index (χ3v) is 2.65. The van der Waals surface area contributed by atoms with Crippen molar-refractivity contribution < 1.29 is 4.74 Å². The summed E-state index contributed by atoms with van der Waals surface area (Å²) in [6.45, 7) is 15.6. The lowest BCUT2D eigenvalue weighted by atomic mass is 9.96. The maximum absolute atomic E-state index is 5.88. The predicted molar refractivity (Wildman–Crippen MR) is 68.1 cm³/mol. The fourth-order valence-electron chi connectivity index (χ4n) is 1.43. The van der Waals surface area contributed by atoms with Gasteiger partial charge in [-0.2, -0.15) is 0 Å². The van der Waals surface area contributed by atoms with Crippen molar-refractivity contribution in [3.05, 3.63) is 12.7 Å². The van der Waals surface area contributed by atoms with E-state index in [1.807, 2.05) is 6.08 Å². The highest BCUT2D eigenvalue weighted by Gasteiger charge is 2.18. The quantitative estimate of drug-likeness (QED) is 0.541. The molecule has 90 valence electrons. The van der Waals surface area contributed by atoms with Crippen molar-refractivity contribution in [3.8, 4) is 0 Å². The second kappa shape index (κ2) is 7.05. The van der Waals surface area contributed by atoms with Gasteiger partial charge in [0.1, 0.15) is 0 Å². The van der Waals surface area contributed by atoms with E-state index in [0.717, 1.165) is 13.0 Å². The number of hydrogen-bond donors (Lipinski definition) is 0. The van der Waals surface area contributed by atoms with Crippen molar-refractivity contribution in [2.45, 2.75) is 59.5 Å². The van der Waals surface area contributed by atoms with E-state index in [2.05, 4.69) is 41.2 Å². The first-order valence-corrected chi connectivity index (χ1v) is 6.14. The van der Waals surface area contributed by atoms with Crippen LogP contribution in [0.3, 0.4) is 0 Å². The van der Waals surface area contributed by atoms with Crippen LogP contribution in [0.4, 0.5) is 0 Å². The van der Waals surface area contributed by atoms with E-state index in [-0.39, 0.29) is 5.60 Å². The maximum atomic E-state index is 5.88. The van der Waals surface area contributed by atoms with Crippen LogP contribution in [0, 0.1) is 11.8 Å². The summed E-state index contributed by atoms with van der Waals surface area (Å²) in [5.74, 6) is 1.25. The Hall–Kier alpha value is -0.300. The summed E-state index contributed by atoms with van der Waals surface area (Å²) in [6, 6.07) is 0. The van der Waals surface area contributed by atoms with E-state index >= 15 is 0 Å². The lowest BCUT2D eigenvalue weighted by Gasteiger charge is -2.26. The summed E-state index contributed by atoms with van der Waals surface area (Å²) in [6.07, 6.45) is 5.61. The van der Waals surface area contributed by atoms with E-state index in [4.69, 9.17) is 4.74 Å². The molecule has 0 aromatic rings. The van der Waals surface area contributed by atoms with Gasteiger partial charge in [-0.25, -0.2) is 0 Å². The van der Waals surface area contributed by atoms with Gasteiger partial charge in [-0.3, -0.25) is 0 Å². The molecule has 0 aliphatic carbocycles. The van der Waals surface area contributed by atoms with Crippen LogP contribution in [0.15, 0.2) is 12.7 Å². The van der Waals surface area contributed by atoms with Crippen molar-refractivity contribution in [1.29, 1.82) is 0 Å². The zero-order chi connectivity index (χ0) is 11.9.